The van der Waals surface area contributed by atoms with Gasteiger partial charge in [0, 0.05) is 10.4 Å². The average molecular weight is 382 g/mol. The third-order valence-electron chi connectivity index (χ3n) is 5.59. The minimum absolute atomic E-state index is 0.205. The first-order valence-electron chi connectivity index (χ1n) is 9.32. The highest BCUT2D eigenvalue weighted by Gasteiger charge is 2.51. The van der Waals surface area contributed by atoms with Crippen LogP contribution in [0.15, 0.2) is 35.7 Å². The molecule has 1 aromatic heterocycles. The number of thiophene rings is 1. The lowest BCUT2D eigenvalue weighted by Gasteiger charge is -2.30. The predicted octanol–water partition coefficient (Wildman–Crippen LogP) is 4.16. The third kappa shape index (κ3) is 3.18. The van der Waals surface area contributed by atoms with Crippen molar-refractivity contribution >= 4 is 29.1 Å². The molecule has 3 amide bonds. The summed E-state index contributed by atoms with van der Waals surface area (Å²) < 4.78 is 0. The van der Waals surface area contributed by atoms with Gasteiger partial charge < -0.3 is 5.32 Å². The van der Waals surface area contributed by atoms with E-state index in [0.29, 0.717) is 18.4 Å². The van der Waals surface area contributed by atoms with Gasteiger partial charge in [0.25, 0.3) is 5.91 Å². The van der Waals surface area contributed by atoms with Crippen molar-refractivity contribution in [3.05, 3.63) is 46.8 Å². The molecule has 2 aliphatic rings. The lowest BCUT2D eigenvalue weighted by Crippen LogP contribution is -2.48. The largest absolute Gasteiger partial charge is 0.325 e. The number of amides is 3. The number of carbonyl (C=O) groups excluding carboxylic acids is 3. The van der Waals surface area contributed by atoms with Crippen LogP contribution in [0.3, 0.4) is 0 Å². The SMILES string of the molecule is Cc1ccsc1-c1ccc(C(=O)CN2C(=O)NC3(CCCCC3)C2=O)cc1. The quantitative estimate of drug-likeness (QED) is 0.638. The molecule has 2 aromatic rings. The van der Waals surface area contributed by atoms with Crippen molar-refractivity contribution < 1.29 is 14.4 Å². The molecular formula is C21H22N2O3S. The van der Waals surface area contributed by atoms with Gasteiger partial charge in [-0.1, -0.05) is 43.5 Å². The number of Topliss-reactive ketones (excluding diaryl/α,β-unsaturated/α-hetero) is 1. The van der Waals surface area contributed by atoms with Gasteiger partial charge >= 0.3 is 6.03 Å². The summed E-state index contributed by atoms with van der Waals surface area (Å²) in [6.45, 7) is 1.85. The van der Waals surface area contributed by atoms with Gasteiger partial charge in [-0.15, -0.1) is 11.3 Å². The molecule has 1 N–H and O–H groups in total. The molecule has 27 heavy (non-hydrogen) atoms. The normalized spacial score (nSPS) is 18.8. The van der Waals surface area contributed by atoms with Crippen LogP contribution in [-0.2, 0) is 4.79 Å². The molecule has 0 radical (unpaired) electrons. The topological polar surface area (TPSA) is 66.5 Å². The maximum Gasteiger partial charge on any atom is 0.325 e. The standard InChI is InChI=1S/C21H22N2O3S/c1-14-9-12-27-18(14)16-7-5-15(6-8-16)17(24)13-23-19(25)21(22-20(23)26)10-3-2-4-11-21/h5-9,12H,2-4,10-11,13H2,1H3,(H,22,26). The van der Waals surface area contributed by atoms with Crippen molar-refractivity contribution in [3.8, 4) is 10.4 Å². The van der Waals surface area contributed by atoms with Gasteiger partial charge in [0.05, 0.1) is 6.54 Å². The Bertz CT molecular complexity index is 894. The average Bonchev–Trinajstić information content (AvgIpc) is 3.20. The molecule has 2 heterocycles. The van der Waals surface area contributed by atoms with Crippen molar-refractivity contribution in [1.29, 1.82) is 0 Å². The number of imide groups is 1. The Hall–Kier alpha value is -2.47. The van der Waals surface area contributed by atoms with E-state index in [1.54, 1.807) is 23.5 Å². The fraction of sp³-hybridized carbons (Fsp3) is 0.381. The summed E-state index contributed by atoms with van der Waals surface area (Å²) in [4.78, 5) is 40.0. The molecule has 2 fully saturated rings. The van der Waals surface area contributed by atoms with E-state index in [9.17, 15) is 14.4 Å². The van der Waals surface area contributed by atoms with Gasteiger partial charge in [-0.3, -0.25) is 14.5 Å². The minimum Gasteiger partial charge on any atom is -0.323 e. The molecule has 1 aliphatic carbocycles. The molecule has 4 rings (SSSR count). The van der Waals surface area contributed by atoms with Crippen LogP contribution in [-0.4, -0.2) is 34.7 Å². The highest BCUT2D eigenvalue weighted by Crippen LogP contribution is 2.34. The highest BCUT2D eigenvalue weighted by molar-refractivity contribution is 7.13. The van der Waals surface area contributed by atoms with E-state index in [4.69, 9.17) is 0 Å². The summed E-state index contributed by atoms with van der Waals surface area (Å²) in [6, 6.07) is 9.00. The number of nitrogens with one attached hydrogen (secondary N) is 1. The van der Waals surface area contributed by atoms with Gasteiger partial charge in [0.1, 0.15) is 5.54 Å². The van der Waals surface area contributed by atoms with Gasteiger partial charge in [-0.05, 0) is 42.3 Å². The second kappa shape index (κ2) is 6.93. The van der Waals surface area contributed by atoms with Crippen molar-refractivity contribution in [3.63, 3.8) is 0 Å². The maximum atomic E-state index is 12.8. The van der Waals surface area contributed by atoms with Crippen LogP contribution in [0.1, 0.15) is 48.0 Å². The Balaban J connectivity index is 1.48. The van der Waals surface area contributed by atoms with Gasteiger partial charge in [0.2, 0.25) is 0 Å². The number of hydrogen-bond donors (Lipinski definition) is 1. The third-order valence-corrected chi connectivity index (χ3v) is 6.65. The number of benzene rings is 1. The molecule has 0 bridgehead atoms. The van der Waals surface area contributed by atoms with Gasteiger partial charge in [-0.2, -0.15) is 0 Å². The molecule has 1 saturated carbocycles. The van der Waals surface area contributed by atoms with E-state index >= 15 is 0 Å². The number of nitrogens with zero attached hydrogens (tertiary/aromatic N) is 1. The molecule has 6 heteroatoms. The van der Waals surface area contributed by atoms with E-state index in [-0.39, 0.29) is 18.2 Å². The van der Waals surface area contributed by atoms with Gasteiger partial charge in [0.15, 0.2) is 5.78 Å². The summed E-state index contributed by atoms with van der Waals surface area (Å²) in [5, 5.41) is 4.89. The molecule has 5 nitrogen and oxygen atoms in total. The van der Waals surface area contributed by atoms with E-state index in [1.807, 2.05) is 17.5 Å². The van der Waals surface area contributed by atoms with Gasteiger partial charge in [-0.25, -0.2) is 4.79 Å². The number of rotatable bonds is 4. The summed E-state index contributed by atoms with van der Waals surface area (Å²) in [5.74, 6) is -0.466. The number of carbonyl (C=O) groups is 3. The number of hydrogen-bond acceptors (Lipinski definition) is 4. The monoisotopic (exact) mass is 382 g/mol. The smallest absolute Gasteiger partial charge is 0.323 e. The van der Waals surface area contributed by atoms with Crippen molar-refractivity contribution in [2.45, 2.75) is 44.6 Å². The van der Waals surface area contributed by atoms with Crippen molar-refractivity contribution in [2.75, 3.05) is 6.54 Å². The Morgan fingerprint density at radius 1 is 1.11 bits per heavy atom. The van der Waals surface area contributed by atoms with Crippen LogP contribution >= 0.6 is 11.3 Å². The first-order valence-corrected chi connectivity index (χ1v) is 10.2. The first kappa shape index (κ1) is 17.9. The predicted molar refractivity (Wildman–Crippen MR) is 105 cm³/mol. The van der Waals surface area contributed by atoms with Crippen LogP contribution in [0.2, 0.25) is 0 Å². The second-order valence-corrected chi connectivity index (χ2v) is 8.31. The zero-order valence-electron chi connectivity index (χ0n) is 15.3. The lowest BCUT2D eigenvalue weighted by atomic mass is 9.82. The minimum atomic E-state index is -0.782. The fourth-order valence-electron chi connectivity index (χ4n) is 4.02. The Morgan fingerprint density at radius 2 is 1.81 bits per heavy atom. The molecule has 1 spiro atoms. The second-order valence-electron chi connectivity index (χ2n) is 7.40. The maximum absolute atomic E-state index is 12.8. The van der Waals surface area contributed by atoms with Crippen LogP contribution < -0.4 is 5.32 Å². The van der Waals surface area contributed by atoms with Crippen molar-refractivity contribution in [2.24, 2.45) is 0 Å². The summed E-state index contributed by atoms with van der Waals surface area (Å²) >= 11 is 1.67. The molecule has 1 aromatic carbocycles. The summed E-state index contributed by atoms with van der Waals surface area (Å²) in [7, 11) is 0. The highest BCUT2D eigenvalue weighted by atomic mass is 32.1. The van der Waals surface area contributed by atoms with Crippen LogP contribution in [0.5, 0.6) is 0 Å². The molecule has 1 saturated heterocycles. The molecule has 1 aliphatic heterocycles. The Morgan fingerprint density at radius 3 is 2.44 bits per heavy atom. The molecular weight excluding hydrogens is 360 g/mol. The fourth-order valence-corrected chi connectivity index (χ4v) is 4.96. The zero-order valence-corrected chi connectivity index (χ0v) is 16.1. The van der Waals surface area contributed by atoms with Crippen LogP contribution in [0.25, 0.3) is 10.4 Å². The zero-order chi connectivity index (χ0) is 19.0. The summed E-state index contributed by atoms with van der Waals surface area (Å²) in [5.41, 5.74) is 2.00. The number of ketones is 1. The van der Waals surface area contributed by atoms with E-state index in [2.05, 4.69) is 18.3 Å². The number of aryl methyl sites for hydroxylation is 1. The Labute approximate surface area is 162 Å². The number of urea groups is 1. The van der Waals surface area contributed by atoms with E-state index in [1.165, 1.54) is 10.4 Å². The summed E-state index contributed by atoms with van der Waals surface area (Å²) in [6.07, 6.45) is 4.27. The first-order chi connectivity index (χ1) is 13.0. The van der Waals surface area contributed by atoms with Crippen LogP contribution in [0.4, 0.5) is 4.79 Å². The molecule has 0 atom stereocenters. The lowest BCUT2D eigenvalue weighted by molar-refractivity contribution is -0.132. The van der Waals surface area contributed by atoms with E-state index in [0.717, 1.165) is 29.7 Å². The van der Waals surface area contributed by atoms with Crippen molar-refractivity contribution in [1.82, 2.24) is 10.2 Å². The molecule has 0 unspecified atom stereocenters. The molecule has 140 valence electrons. The van der Waals surface area contributed by atoms with E-state index < -0.39 is 11.6 Å². The Kier molecular flexibility index (Phi) is 4.60. The van der Waals surface area contributed by atoms with Crippen LogP contribution in [0, 0.1) is 6.92 Å².